The van der Waals surface area contributed by atoms with Gasteiger partial charge in [-0.2, -0.15) is 0 Å². The predicted octanol–water partition coefficient (Wildman–Crippen LogP) is 3.51. The number of alkyl halides is 1. The molecule has 1 heterocycles. The summed E-state index contributed by atoms with van der Waals surface area (Å²) in [5.74, 6) is 0.446. The summed E-state index contributed by atoms with van der Waals surface area (Å²) in [6, 6.07) is 4.58. The van der Waals surface area contributed by atoms with Crippen molar-refractivity contribution in [2.45, 2.75) is 31.9 Å². The third kappa shape index (κ3) is 2.49. The third-order valence-corrected chi connectivity index (χ3v) is 3.13. The molecule has 0 spiro atoms. The Bertz CT molecular complexity index is 553. The summed E-state index contributed by atoms with van der Waals surface area (Å²) in [6.07, 6.45) is 0.0432. The largest absolute Gasteiger partial charge is 0.380 e. The van der Waals surface area contributed by atoms with Crippen molar-refractivity contribution in [3.8, 4) is 0 Å². The Labute approximate surface area is 111 Å². The van der Waals surface area contributed by atoms with E-state index >= 15 is 0 Å². The number of rotatable bonds is 4. The predicted molar refractivity (Wildman–Crippen MR) is 70.4 cm³/mol. The molecule has 2 rings (SSSR count). The van der Waals surface area contributed by atoms with Gasteiger partial charge in [-0.1, -0.05) is 0 Å². The number of benzene rings is 1. The quantitative estimate of drug-likeness (QED) is 0.795. The van der Waals surface area contributed by atoms with Gasteiger partial charge in [0.1, 0.15) is 11.6 Å². The van der Waals surface area contributed by atoms with Gasteiger partial charge >= 0.3 is 0 Å². The number of fused-ring (bicyclic) bond motifs is 1. The fourth-order valence-electron chi connectivity index (χ4n) is 1.95. The third-order valence-electron chi connectivity index (χ3n) is 2.94. The molecule has 0 aliphatic heterocycles. The van der Waals surface area contributed by atoms with Crippen molar-refractivity contribution in [1.29, 1.82) is 0 Å². The summed E-state index contributed by atoms with van der Waals surface area (Å²) >= 11 is 6.13. The highest BCUT2D eigenvalue weighted by atomic mass is 35.5. The van der Waals surface area contributed by atoms with Crippen molar-refractivity contribution < 1.29 is 9.13 Å². The molecule has 18 heavy (non-hydrogen) atoms. The van der Waals surface area contributed by atoms with Crippen LogP contribution in [0.1, 0.15) is 25.0 Å². The van der Waals surface area contributed by atoms with Crippen LogP contribution in [0.5, 0.6) is 0 Å². The first-order chi connectivity index (χ1) is 8.52. The van der Waals surface area contributed by atoms with E-state index in [4.69, 9.17) is 16.3 Å². The van der Waals surface area contributed by atoms with E-state index in [0.29, 0.717) is 12.1 Å². The average molecular weight is 271 g/mol. The molecule has 2 unspecified atom stereocenters. The minimum Gasteiger partial charge on any atom is -0.380 e. The Hall–Kier alpha value is -1.13. The first-order valence-corrected chi connectivity index (χ1v) is 6.29. The van der Waals surface area contributed by atoms with Gasteiger partial charge in [0.2, 0.25) is 0 Å². The maximum atomic E-state index is 13.2. The molecule has 3 nitrogen and oxygen atoms in total. The summed E-state index contributed by atoms with van der Waals surface area (Å²) in [7, 11) is 1.66. The molecule has 5 heteroatoms. The molecular formula is C13H16ClFN2O. The van der Waals surface area contributed by atoms with Crippen LogP contribution in [0.3, 0.4) is 0 Å². The minimum absolute atomic E-state index is 0.0432. The number of methoxy groups -OCH3 is 1. The SMILES string of the molecule is COC(C)Cn1c(C(C)Cl)nc2cc(F)ccc21. The van der Waals surface area contributed by atoms with E-state index in [1.807, 2.05) is 18.4 Å². The number of imidazole rings is 1. The van der Waals surface area contributed by atoms with Crippen LogP contribution < -0.4 is 0 Å². The molecular weight excluding hydrogens is 255 g/mol. The molecule has 1 aromatic heterocycles. The van der Waals surface area contributed by atoms with Gasteiger partial charge in [-0.15, -0.1) is 11.6 Å². The molecule has 0 N–H and O–H groups in total. The summed E-state index contributed by atoms with van der Waals surface area (Å²) in [5.41, 5.74) is 1.50. The van der Waals surface area contributed by atoms with Crippen molar-refractivity contribution in [3.05, 3.63) is 29.8 Å². The first kappa shape index (κ1) is 13.3. The van der Waals surface area contributed by atoms with Crippen molar-refractivity contribution >= 4 is 22.6 Å². The lowest BCUT2D eigenvalue weighted by molar-refractivity contribution is 0.103. The van der Waals surface area contributed by atoms with Gasteiger partial charge < -0.3 is 9.30 Å². The van der Waals surface area contributed by atoms with Crippen molar-refractivity contribution in [3.63, 3.8) is 0 Å². The summed E-state index contributed by atoms with van der Waals surface area (Å²) in [5, 5.41) is -0.232. The molecule has 0 aliphatic rings. The molecule has 0 aliphatic carbocycles. The molecule has 0 fully saturated rings. The molecule has 0 bridgehead atoms. The second-order valence-electron chi connectivity index (χ2n) is 4.38. The topological polar surface area (TPSA) is 27.1 Å². The molecule has 0 saturated heterocycles. The van der Waals surface area contributed by atoms with Crippen molar-refractivity contribution in [1.82, 2.24) is 9.55 Å². The Balaban J connectivity index is 2.55. The fraction of sp³-hybridized carbons (Fsp3) is 0.462. The minimum atomic E-state index is -0.291. The lowest BCUT2D eigenvalue weighted by atomic mass is 10.3. The second-order valence-corrected chi connectivity index (χ2v) is 5.03. The number of ether oxygens (including phenoxy) is 1. The van der Waals surface area contributed by atoms with Gasteiger partial charge in [-0.05, 0) is 26.0 Å². The van der Waals surface area contributed by atoms with Gasteiger partial charge in [-0.3, -0.25) is 0 Å². The van der Waals surface area contributed by atoms with E-state index in [9.17, 15) is 4.39 Å². The Kier molecular flexibility index (Phi) is 3.88. The molecule has 98 valence electrons. The highest BCUT2D eigenvalue weighted by Crippen LogP contribution is 2.25. The number of halogens is 2. The van der Waals surface area contributed by atoms with Crippen LogP contribution in [0.2, 0.25) is 0 Å². The first-order valence-electron chi connectivity index (χ1n) is 5.85. The van der Waals surface area contributed by atoms with Crippen LogP contribution in [0.15, 0.2) is 18.2 Å². The second kappa shape index (κ2) is 5.24. The summed E-state index contributed by atoms with van der Waals surface area (Å²) in [6.45, 7) is 4.47. The molecule has 0 saturated carbocycles. The monoisotopic (exact) mass is 270 g/mol. The smallest absolute Gasteiger partial charge is 0.127 e. The van der Waals surface area contributed by atoms with E-state index in [1.165, 1.54) is 12.1 Å². The van der Waals surface area contributed by atoms with Crippen LogP contribution in [0.4, 0.5) is 4.39 Å². The van der Waals surface area contributed by atoms with E-state index in [0.717, 1.165) is 11.3 Å². The Morgan fingerprint density at radius 1 is 1.44 bits per heavy atom. The zero-order valence-corrected chi connectivity index (χ0v) is 11.4. The van der Waals surface area contributed by atoms with E-state index in [1.54, 1.807) is 13.2 Å². The van der Waals surface area contributed by atoms with Gasteiger partial charge in [0, 0.05) is 13.2 Å². The van der Waals surface area contributed by atoms with E-state index in [2.05, 4.69) is 4.98 Å². The number of hydrogen-bond acceptors (Lipinski definition) is 2. The standard InChI is InChI=1S/C13H16ClFN2O/c1-8(18-3)7-17-12-5-4-10(15)6-11(12)16-13(17)9(2)14/h4-6,8-9H,7H2,1-3H3. The molecule has 0 amide bonds. The summed E-state index contributed by atoms with van der Waals surface area (Å²) < 4.78 is 20.5. The van der Waals surface area contributed by atoms with Crippen LogP contribution in [0, 0.1) is 5.82 Å². The van der Waals surface area contributed by atoms with Crippen LogP contribution in [-0.4, -0.2) is 22.8 Å². The summed E-state index contributed by atoms with van der Waals surface area (Å²) in [4.78, 5) is 4.40. The number of nitrogens with zero attached hydrogens (tertiary/aromatic N) is 2. The van der Waals surface area contributed by atoms with Gasteiger partial charge in [0.25, 0.3) is 0 Å². The lowest BCUT2D eigenvalue weighted by Crippen LogP contribution is -2.16. The molecule has 1 aromatic carbocycles. The van der Waals surface area contributed by atoms with Gasteiger partial charge in [0.05, 0.1) is 29.1 Å². The van der Waals surface area contributed by atoms with Crippen LogP contribution in [0.25, 0.3) is 11.0 Å². The molecule has 2 aromatic rings. The number of hydrogen-bond donors (Lipinski definition) is 0. The van der Waals surface area contributed by atoms with Gasteiger partial charge in [-0.25, -0.2) is 9.37 Å². The van der Waals surface area contributed by atoms with Crippen molar-refractivity contribution in [2.24, 2.45) is 0 Å². The molecule has 0 radical (unpaired) electrons. The fourth-order valence-corrected chi connectivity index (χ4v) is 2.12. The van der Waals surface area contributed by atoms with E-state index in [-0.39, 0.29) is 17.3 Å². The van der Waals surface area contributed by atoms with Gasteiger partial charge in [0.15, 0.2) is 0 Å². The highest BCUT2D eigenvalue weighted by molar-refractivity contribution is 6.20. The maximum absolute atomic E-state index is 13.2. The van der Waals surface area contributed by atoms with Crippen LogP contribution >= 0.6 is 11.6 Å². The van der Waals surface area contributed by atoms with Crippen molar-refractivity contribution in [2.75, 3.05) is 7.11 Å². The maximum Gasteiger partial charge on any atom is 0.127 e. The number of aromatic nitrogens is 2. The Morgan fingerprint density at radius 3 is 2.78 bits per heavy atom. The molecule has 2 atom stereocenters. The zero-order chi connectivity index (χ0) is 13.3. The average Bonchev–Trinajstić information content (AvgIpc) is 2.67. The normalized spacial score (nSPS) is 14.9. The highest BCUT2D eigenvalue weighted by Gasteiger charge is 2.16. The lowest BCUT2D eigenvalue weighted by Gasteiger charge is -2.14. The Morgan fingerprint density at radius 2 is 2.17 bits per heavy atom. The zero-order valence-electron chi connectivity index (χ0n) is 10.7. The van der Waals surface area contributed by atoms with E-state index < -0.39 is 0 Å². The van der Waals surface area contributed by atoms with Crippen LogP contribution in [-0.2, 0) is 11.3 Å².